The molecule has 9 heteroatoms. The van der Waals surface area contributed by atoms with Crippen molar-refractivity contribution >= 4 is 27.5 Å². The first-order chi connectivity index (χ1) is 16.2. The predicted molar refractivity (Wildman–Crippen MR) is 129 cm³/mol. The summed E-state index contributed by atoms with van der Waals surface area (Å²) in [5.74, 6) is -0.359. The van der Waals surface area contributed by atoms with E-state index in [1.165, 1.54) is 10.4 Å². The fraction of sp³-hybridized carbons (Fsp3) is 0.440. The summed E-state index contributed by atoms with van der Waals surface area (Å²) in [5, 5.41) is 2.70. The van der Waals surface area contributed by atoms with E-state index in [0.717, 1.165) is 5.56 Å². The number of ether oxygens (including phenoxy) is 1. The molecule has 0 unspecified atom stereocenters. The number of piperidine rings is 1. The molecular formula is C25H31N3O5S. The Kier molecular flexibility index (Phi) is 6.95. The zero-order valence-corrected chi connectivity index (χ0v) is 20.6. The maximum Gasteiger partial charge on any atom is 0.262 e. The summed E-state index contributed by atoms with van der Waals surface area (Å²) < 4.78 is 34.0. The van der Waals surface area contributed by atoms with Crippen molar-refractivity contribution in [1.82, 2.24) is 9.21 Å². The van der Waals surface area contributed by atoms with E-state index < -0.39 is 15.9 Å². The van der Waals surface area contributed by atoms with E-state index in [-0.39, 0.29) is 35.9 Å². The monoisotopic (exact) mass is 485 g/mol. The van der Waals surface area contributed by atoms with Gasteiger partial charge >= 0.3 is 0 Å². The summed E-state index contributed by atoms with van der Waals surface area (Å²) in [4.78, 5) is 27.0. The van der Waals surface area contributed by atoms with E-state index in [1.807, 2.05) is 49.1 Å². The number of hydrogen-bond donors (Lipinski definition) is 1. The molecule has 2 aliphatic rings. The van der Waals surface area contributed by atoms with Crippen LogP contribution in [0.3, 0.4) is 0 Å². The highest BCUT2D eigenvalue weighted by Gasteiger charge is 2.37. The van der Waals surface area contributed by atoms with Crippen molar-refractivity contribution in [3.63, 3.8) is 0 Å². The van der Waals surface area contributed by atoms with E-state index in [1.54, 1.807) is 13.0 Å². The number of aryl methyl sites for hydroxylation is 1. The summed E-state index contributed by atoms with van der Waals surface area (Å²) in [6.45, 7) is 6.51. The van der Waals surface area contributed by atoms with Crippen molar-refractivity contribution in [3.8, 4) is 5.75 Å². The molecule has 0 radical (unpaired) electrons. The molecule has 2 aliphatic heterocycles. The van der Waals surface area contributed by atoms with Gasteiger partial charge in [-0.1, -0.05) is 30.3 Å². The molecule has 2 aromatic rings. The second kappa shape index (κ2) is 9.76. The van der Waals surface area contributed by atoms with Gasteiger partial charge in [-0.3, -0.25) is 9.59 Å². The summed E-state index contributed by atoms with van der Waals surface area (Å²) >= 11 is 0. The minimum absolute atomic E-state index is 0.00469. The molecule has 0 aromatic heterocycles. The Hall–Kier alpha value is -2.91. The molecule has 2 amide bonds. The van der Waals surface area contributed by atoms with Crippen molar-refractivity contribution in [2.45, 2.75) is 51.1 Å². The van der Waals surface area contributed by atoms with Crippen LogP contribution in [-0.2, 0) is 26.2 Å². The molecule has 182 valence electrons. The Labute approximate surface area is 200 Å². The lowest BCUT2D eigenvalue weighted by molar-refractivity contribution is -0.139. The van der Waals surface area contributed by atoms with Crippen molar-refractivity contribution in [1.29, 1.82) is 0 Å². The van der Waals surface area contributed by atoms with Crippen molar-refractivity contribution in [2.24, 2.45) is 5.92 Å². The highest BCUT2D eigenvalue weighted by molar-refractivity contribution is 7.89. The fourth-order valence-electron chi connectivity index (χ4n) is 4.52. The summed E-state index contributed by atoms with van der Waals surface area (Å²) in [5.41, 5.74) is 2.03. The zero-order chi connectivity index (χ0) is 24.5. The first kappa shape index (κ1) is 24.2. The minimum Gasteiger partial charge on any atom is -0.482 e. The van der Waals surface area contributed by atoms with Gasteiger partial charge in [0, 0.05) is 31.7 Å². The van der Waals surface area contributed by atoms with Gasteiger partial charge in [-0.05, 0) is 50.8 Å². The van der Waals surface area contributed by atoms with Gasteiger partial charge in [0.1, 0.15) is 5.75 Å². The molecule has 4 rings (SSSR count). The largest absolute Gasteiger partial charge is 0.482 e. The van der Waals surface area contributed by atoms with Crippen LogP contribution in [0.1, 0.15) is 37.8 Å². The number of sulfonamides is 1. The van der Waals surface area contributed by atoms with E-state index in [0.29, 0.717) is 42.9 Å². The van der Waals surface area contributed by atoms with E-state index in [4.69, 9.17) is 4.74 Å². The molecule has 8 nitrogen and oxygen atoms in total. The van der Waals surface area contributed by atoms with Gasteiger partial charge in [0.15, 0.2) is 6.61 Å². The molecule has 2 aromatic carbocycles. The number of carbonyl (C=O) groups excluding carboxylic acids is 2. The normalized spacial score (nSPS) is 18.7. The number of rotatable bonds is 6. The lowest BCUT2D eigenvalue weighted by atomic mass is 9.97. The van der Waals surface area contributed by atoms with E-state index in [2.05, 4.69) is 5.32 Å². The van der Waals surface area contributed by atoms with Gasteiger partial charge in [-0.2, -0.15) is 4.31 Å². The molecule has 0 aliphatic carbocycles. The maximum atomic E-state index is 13.6. The average Bonchev–Trinajstić information content (AvgIpc) is 2.82. The molecular weight excluding hydrogens is 454 g/mol. The Morgan fingerprint density at radius 2 is 1.97 bits per heavy atom. The van der Waals surface area contributed by atoms with Crippen LogP contribution < -0.4 is 10.1 Å². The fourth-order valence-corrected chi connectivity index (χ4v) is 6.27. The smallest absolute Gasteiger partial charge is 0.262 e. The molecule has 1 atom stereocenters. The Bertz CT molecular complexity index is 1180. The third kappa shape index (κ3) is 4.95. The standard InChI is InChI=1S/C25H31N3O5S/c1-17(2)28(14-19-8-5-4-6-9-19)25(30)20-10-7-11-27(15-20)34(31,32)23-13-22-21(12-18(23)3)26-24(29)16-33-22/h4-6,8-9,12-13,17,20H,7,10-11,14-16H2,1-3H3,(H,26,29)/t20-/m0/s1. The second-order valence-electron chi connectivity index (χ2n) is 9.20. The molecule has 1 fully saturated rings. The number of amides is 2. The lowest BCUT2D eigenvalue weighted by Gasteiger charge is -2.36. The number of fused-ring (bicyclic) bond motifs is 1. The van der Waals surface area contributed by atoms with Crippen LogP contribution in [0.2, 0.25) is 0 Å². The number of nitrogens with one attached hydrogen (secondary N) is 1. The average molecular weight is 486 g/mol. The molecule has 0 saturated carbocycles. The van der Waals surface area contributed by atoms with Crippen molar-refractivity contribution in [3.05, 3.63) is 53.6 Å². The quantitative estimate of drug-likeness (QED) is 0.678. The van der Waals surface area contributed by atoms with Crippen LogP contribution >= 0.6 is 0 Å². The predicted octanol–water partition coefficient (Wildman–Crippen LogP) is 3.16. The van der Waals surface area contributed by atoms with E-state index in [9.17, 15) is 18.0 Å². The van der Waals surface area contributed by atoms with Crippen LogP contribution in [0.4, 0.5) is 5.69 Å². The number of nitrogens with zero attached hydrogens (tertiary/aromatic N) is 2. The minimum atomic E-state index is -3.84. The number of benzene rings is 2. The third-order valence-electron chi connectivity index (χ3n) is 6.36. The van der Waals surface area contributed by atoms with Gasteiger partial charge in [0.2, 0.25) is 15.9 Å². The van der Waals surface area contributed by atoms with Crippen LogP contribution in [0.15, 0.2) is 47.4 Å². The molecule has 2 heterocycles. The van der Waals surface area contributed by atoms with Crippen molar-refractivity contribution in [2.75, 3.05) is 25.0 Å². The molecule has 1 N–H and O–H groups in total. The zero-order valence-electron chi connectivity index (χ0n) is 19.8. The van der Waals surface area contributed by atoms with Crippen LogP contribution in [0, 0.1) is 12.8 Å². The number of carbonyl (C=O) groups is 2. The highest BCUT2D eigenvalue weighted by Crippen LogP contribution is 2.35. The first-order valence-electron chi connectivity index (χ1n) is 11.6. The maximum absolute atomic E-state index is 13.6. The van der Waals surface area contributed by atoms with E-state index >= 15 is 0 Å². The van der Waals surface area contributed by atoms with Gasteiger partial charge in [-0.25, -0.2) is 8.42 Å². The molecule has 34 heavy (non-hydrogen) atoms. The highest BCUT2D eigenvalue weighted by atomic mass is 32.2. The number of anilines is 1. The van der Waals surface area contributed by atoms with Crippen LogP contribution in [0.25, 0.3) is 0 Å². The van der Waals surface area contributed by atoms with Crippen LogP contribution in [-0.4, -0.2) is 55.2 Å². The third-order valence-corrected chi connectivity index (χ3v) is 8.37. The first-order valence-corrected chi connectivity index (χ1v) is 13.0. The van der Waals surface area contributed by atoms with Gasteiger partial charge in [0.25, 0.3) is 5.91 Å². The Morgan fingerprint density at radius 3 is 2.68 bits per heavy atom. The van der Waals surface area contributed by atoms with Gasteiger partial charge in [-0.15, -0.1) is 0 Å². The topological polar surface area (TPSA) is 96.0 Å². The second-order valence-corrected chi connectivity index (χ2v) is 11.1. The van der Waals surface area contributed by atoms with Gasteiger partial charge in [0.05, 0.1) is 16.5 Å². The summed E-state index contributed by atoms with van der Waals surface area (Å²) in [6.07, 6.45) is 1.27. The SMILES string of the molecule is Cc1cc2c(cc1S(=O)(=O)N1CCC[C@H](C(=O)N(Cc3ccccc3)C(C)C)C1)OCC(=O)N2. The lowest BCUT2D eigenvalue weighted by Crippen LogP contribution is -2.48. The van der Waals surface area contributed by atoms with Gasteiger partial charge < -0.3 is 15.0 Å². The summed E-state index contributed by atoms with van der Waals surface area (Å²) in [6, 6.07) is 12.9. The van der Waals surface area contributed by atoms with Crippen LogP contribution in [0.5, 0.6) is 5.75 Å². The van der Waals surface area contributed by atoms with Crippen molar-refractivity contribution < 1.29 is 22.7 Å². The number of hydrogen-bond acceptors (Lipinski definition) is 5. The molecule has 0 bridgehead atoms. The summed E-state index contributed by atoms with van der Waals surface area (Å²) in [7, 11) is -3.84. The molecule has 1 saturated heterocycles. The molecule has 0 spiro atoms. The Balaban J connectivity index is 1.55. The Morgan fingerprint density at radius 1 is 1.24 bits per heavy atom.